The minimum atomic E-state index is 0.238. The van der Waals surface area contributed by atoms with E-state index in [1.54, 1.807) is 7.11 Å². The summed E-state index contributed by atoms with van der Waals surface area (Å²) in [5.74, 6) is 1.31. The molecule has 0 aromatic carbocycles. The third-order valence-electron chi connectivity index (χ3n) is 2.37. The maximum absolute atomic E-state index is 5.15. The molecule has 0 radical (unpaired) electrons. The molecular weight excluding hydrogens is 182 g/mol. The molecule has 1 unspecified atom stereocenters. The predicted molar refractivity (Wildman–Crippen MR) is 49.6 cm³/mol. The molecule has 0 saturated carbocycles. The summed E-state index contributed by atoms with van der Waals surface area (Å²) in [5, 5.41) is 7.18. The van der Waals surface area contributed by atoms with Crippen molar-refractivity contribution in [2.45, 2.75) is 31.9 Å². The van der Waals surface area contributed by atoms with Crippen LogP contribution in [0.2, 0.25) is 0 Å². The zero-order valence-corrected chi connectivity index (χ0v) is 8.32. The van der Waals surface area contributed by atoms with Gasteiger partial charge in [-0.15, -0.1) is 0 Å². The predicted octanol–water partition coefficient (Wildman–Crippen LogP) is 1.03. The zero-order valence-electron chi connectivity index (χ0n) is 8.32. The molecule has 1 aromatic heterocycles. The molecule has 78 valence electrons. The van der Waals surface area contributed by atoms with Gasteiger partial charge in [0, 0.05) is 7.11 Å². The van der Waals surface area contributed by atoms with Gasteiger partial charge in [-0.25, -0.2) is 0 Å². The van der Waals surface area contributed by atoms with E-state index in [4.69, 9.17) is 9.26 Å². The van der Waals surface area contributed by atoms with Crippen LogP contribution in [-0.2, 0) is 11.3 Å². The molecular formula is C9H15N3O2. The fourth-order valence-corrected chi connectivity index (χ4v) is 1.66. The van der Waals surface area contributed by atoms with Gasteiger partial charge < -0.3 is 14.6 Å². The van der Waals surface area contributed by atoms with Crippen molar-refractivity contribution in [3.63, 3.8) is 0 Å². The van der Waals surface area contributed by atoms with Crippen molar-refractivity contribution in [1.82, 2.24) is 15.5 Å². The molecule has 1 fully saturated rings. The van der Waals surface area contributed by atoms with Crippen LogP contribution in [0, 0.1) is 0 Å². The quantitative estimate of drug-likeness (QED) is 0.784. The third-order valence-corrected chi connectivity index (χ3v) is 2.37. The highest BCUT2D eigenvalue weighted by Crippen LogP contribution is 2.21. The highest BCUT2D eigenvalue weighted by molar-refractivity contribution is 4.93. The third kappa shape index (κ3) is 2.10. The summed E-state index contributed by atoms with van der Waals surface area (Å²) in [5.41, 5.74) is 0. The number of hydrogen-bond donors (Lipinski definition) is 1. The standard InChI is InChI=1S/C9H15N3O2/c1-13-6-8-11-9(14-12-8)7-4-2-3-5-10-7/h7,10H,2-6H2,1H3. The van der Waals surface area contributed by atoms with Gasteiger partial charge in [-0.3, -0.25) is 0 Å². The fourth-order valence-electron chi connectivity index (χ4n) is 1.66. The normalized spacial score (nSPS) is 22.5. The summed E-state index contributed by atoms with van der Waals surface area (Å²) in [6.07, 6.45) is 3.53. The number of nitrogens with one attached hydrogen (secondary N) is 1. The lowest BCUT2D eigenvalue weighted by atomic mass is 10.1. The average molecular weight is 197 g/mol. The molecule has 5 heteroatoms. The van der Waals surface area contributed by atoms with Crippen LogP contribution in [0.1, 0.15) is 37.0 Å². The van der Waals surface area contributed by atoms with Crippen LogP contribution in [0.5, 0.6) is 0 Å². The van der Waals surface area contributed by atoms with E-state index in [9.17, 15) is 0 Å². The first-order chi connectivity index (χ1) is 6.90. The van der Waals surface area contributed by atoms with Crippen molar-refractivity contribution in [3.8, 4) is 0 Å². The lowest BCUT2D eigenvalue weighted by molar-refractivity contribution is 0.174. The van der Waals surface area contributed by atoms with E-state index in [0.29, 0.717) is 18.3 Å². The van der Waals surface area contributed by atoms with Crippen LogP contribution in [0.4, 0.5) is 0 Å². The molecule has 1 aliphatic rings. The zero-order chi connectivity index (χ0) is 9.80. The molecule has 5 nitrogen and oxygen atoms in total. The van der Waals surface area contributed by atoms with Gasteiger partial charge in [0.25, 0.3) is 0 Å². The van der Waals surface area contributed by atoms with Crippen LogP contribution in [0.3, 0.4) is 0 Å². The number of piperidine rings is 1. The number of aromatic nitrogens is 2. The van der Waals surface area contributed by atoms with Gasteiger partial charge in [-0.05, 0) is 19.4 Å². The molecule has 0 amide bonds. The van der Waals surface area contributed by atoms with Gasteiger partial charge in [0.2, 0.25) is 5.89 Å². The van der Waals surface area contributed by atoms with Crippen molar-refractivity contribution < 1.29 is 9.26 Å². The van der Waals surface area contributed by atoms with E-state index in [2.05, 4.69) is 15.5 Å². The smallest absolute Gasteiger partial charge is 0.243 e. The Morgan fingerprint density at radius 3 is 3.21 bits per heavy atom. The van der Waals surface area contributed by atoms with E-state index >= 15 is 0 Å². The van der Waals surface area contributed by atoms with E-state index in [0.717, 1.165) is 13.0 Å². The van der Waals surface area contributed by atoms with Gasteiger partial charge >= 0.3 is 0 Å². The fraction of sp³-hybridized carbons (Fsp3) is 0.778. The minimum absolute atomic E-state index is 0.238. The Balaban J connectivity index is 2.00. The second kappa shape index (κ2) is 4.52. The molecule has 1 saturated heterocycles. The molecule has 14 heavy (non-hydrogen) atoms. The van der Waals surface area contributed by atoms with Crippen LogP contribution >= 0.6 is 0 Å². The van der Waals surface area contributed by atoms with Crippen molar-refractivity contribution in [2.75, 3.05) is 13.7 Å². The van der Waals surface area contributed by atoms with Crippen molar-refractivity contribution in [1.29, 1.82) is 0 Å². The molecule has 2 heterocycles. The van der Waals surface area contributed by atoms with Crippen LogP contribution in [-0.4, -0.2) is 23.8 Å². The molecule has 1 aromatic rings. The molecule has 1 N–H and O–H groups in total. The number of hydrogen-bond acceptors (Lipinski definition) is 5. The van der Waals surface area contributed by atoms with Gasteiger partial charge in [0.05, 0.1) is 6.04 Å². The van der Waals surface area contributed by atoms with E-state index in [-0.39, 0.29) is 6.04 Å². The Kier molecular flexibility index (Phi) is 3.10. The second-order valence-electron chi connectivity index (χ2n) is 3.48. The largest absolute Gasteiger partial charge is 0.377 e. The van der Waals surface area contributed by atoms with E-state index < -0.39 is 0 Å². The van der Waals surface area contributed by atoms with Gasteiger partial charge in [0.15, 0.2) is 5.82 Å². The molecule has 1 aliphatic heterocycles. The Morgan fingerprint density at radius 2 is 2.50 bits per heavy atom. The van der Waals surface area contributed by atoms with Crippen molar-refractivity contribution >= 4 is 0 Å². The lowest BCUT2D eigenvalue weighted by Crippen LogP contribution is -2.27. The molecule has 1 atom stereocenters. The van der Waals surface area contributed by atoms with Crippen LogP contribution in [0.25, 0.3) is 0 Å². The first kappa shape index (κ1) is 9.61. The average Bonchev–Trinajstić information content (AvgIpc) is 2.68. The maximum Gasteiger partial charge on any atom is 0.243 e. The van der Waals surface area contributed by atoms with Crippen molar-refractivity contribution in [3.05, 3.63) is 11.7 Å². The van der Waals surface area contributed by atoms with E-state index in [1.165, 1.54) is 12.8 Å². The SMILES string of the molecule is COCc1noc(C2CCCCN2)n1. The van der Waals surface area contributed by atoms with Crippen LogP contribution < -0.4 is 5.32 Å². The summed E-state index contributed by atoms with van der Waals surface area (Å²) in [4.78, 5) is 4.26. The summed E-state index contributed by atoms with van der Waals surface area (Å²) in [6, 6.07) is 0.238. The Labute approximate surface area is 82.8 Å². The first-order valence-corrected chi connectivity index (χ1v) is 4.95. The first-order valence-electron chi connectivity index (χ1n) is 4.95. The summed E-state index contributed by atoms with van der Waals surface area (Å²) in [6.45, 7) is 1.45. The molecule has 0 aliphatic carbocycles. The molecule has 0 bridgehead atoms. The van der Waals surface area contributed by atoms with Gasteiger partial charge in [0.1, 0.15) is 6.61 Å². The highest BCUT2D eigenvalue weighted by atomic mass is 16.5. The number of rotatable bonds is 3. The monoisotopic (exact) mass is 197 g/mol. The minimum Gasteiger partial charge on any atom is -0.377 e. The Hall–Kier alpha value is -0.940. The Morgan fingerprint density at radius 1 is 1.57 bits per heavy atom. The highest BCUT2D eigenvalue weighted by Gasteiger charge is 2.20. The van der Waals surface area contributed by atoms with Crippen LogP contribution in [0.15, 0.2) is 4.52 Å². The number of ether oxygens (including phenoxy) is 1. The topological polar surface area (TPSA) is 60.2 Å². The van der Waals surface area contributed by atoms with Crippen molar-refractivity contribution in [2.24, 2.45) is 0 Å². The van der Waals surface area contributed by atoms with Gasteiger partial charge in [-0.2, -0.15) is 4.98 Å². The summed E-state index contributed by atoms with van der Waals surface area (Å²) >= 11 is 0. The molecule has 2 rings (SSSR count). The van der Waals surface area contributed by atoms with Gasteiger partial charge in [-0.1, -0.05) is 11.6 Å². The Bertz CT molecular complexity index is 281. The number of nitrogens with zero attached hydrogens (tertiary/aromatic N) is 2. The second-order valence-corrected chi connectivity index (χ2v) is 3.48. The summed E-state index contributed by atoms with van der Waals surface area (Å²) < 4.78 is 10.1. The molecule has 0 spiro atoms. The van der Waals surface area contributed by atoms with E-state index in [1.807, 2.05) is 0 Å². The maximum atomic E-state index is 5.15. The number of methoxy groups -OCH3 is 1. The summed E-state index contributed by atoms with van der Waals surface area (Å²) in [7, 11) is 1.62. The lowest BCUT2D eigenvalue weighted by Gasteiger charge is -2.19.